The number of nitrogens with one attached hydrogen (secondary N) is 1. The third-order valence-corrected chi connectivity index (χ3v) is 9.99. The van der Waals surface area contributed by atoms with Crippen LogP contribution in [0.1, 0.15) is 68.6 Å². The van der Waals surface area contributed by atoms with Crippen LogP contribution < -0.4 is 5.32 Å². The SMILES string of the molecule is CCS(=O)(=O)c1ccc(CC(=O)Nc2nc3c(s2)CN(C[C@H]2CC[C@H](OC)CC2)C3C(C)C)cc1. The molecule has 1 saturated carbocycles. The zero-order valence-corrected chi connectivity index (χ0v) is 22.8. The first-order valence-electron chi connectivity index (χ1n) is 12.6. The van der Waals surface area contributed by atoms with Gasteiger partial charge in [0, 0.05) is 25.1 Å². The fraction of sp³-hybridized carbons (Fsp3) is 0.615. The number of carbonyl (C=O) groups is 1. The number of anilines is 1. The molecule has 1 aliphatic carbocycles. The second kappa shape index (κ2) is 11.1. The molecule has 1 unspecified atom stereocenters. The second-order valence-corrected chi connectivity index (χ2v) is 13.5. The molecule has 1 fully saturated rings. The average molecular weight is 520 g/mol. The summed E-state index contributed by atoms with van der Waals surface area (Å²) in [5.41, 5.74) is 1.89. The summed E-state index contributed by atoms with van der Waals surface area (Å²) >= 11 is 1.58. The lowest BCUT2D eigenvalue weighted by molar-refractivity contribution is -0.115. The molecule has 9 heteroatoms. The van der Waals surface area contributed by atoms with Crippen molar-refractivity contribution >= 4 is 32.2 Å². The third kappa shape index (κ3) is 6.13. The van der Waals surface area contributed by atoms with Crippen LogP contribution in [0.5, 0.6) is 0 Å². The van der Waals surface area contributed by atoms with E-state index in [4.69, 9.17) is 9.72 Å². The van der Waals surface area contributed by atoms with Crippen LogP contribution in [0.2, 0.25) is 0 Å². The van der Waals surface area contributed by atoms with Gasteiger partial charge in [-0.1, -0.05) is 32.9 Å². The van der Waals surface area contributed by atoms with Crippen molar-refractivity contribution in [2.45, 2.75) is 76.5 Å². The maximum atomic E-state index is 12.7. The van der Waals surface area contributed by atoms with Crippen LogP contribution in [0, 0.1) is 11.8 Å². The van der Waals surface area contributed by atoms with Gasteiger partial charge in [0.25, 0.3) is 0 Å². The van der Waals surface area contributed by atoms with Crippen LogP contribution in [0.3, 0.4) is 0 Å². The van der Waals surface area contributed by atoms with Gasteiger partial charge in [-0.3, -0.25) is 9.69 Å². The van der Waals surface area contributed by atoms with Crippen LogP contribution in [0.4, 0.5) is 5.13 Å². The minimum Gasteiger partial charge on any atom is -0.381 e. The third-order valence-electron chi connectivity index (χ3n) is 7.27. The van der Waals surface area contributed by atoms with Gasteiger partial charge in [0.05, 0.1) is 34.9 Å². The van der Waals surface area contributed by atoms with Crippen molar-refractivity contribution in [3.8, 4) is 0 Å². The van der Waals surface area contributed by atoms with Crippen molar-refractivity contribution in [2.75, 3.05) is 24.7 Å². The number of ether oxygens (including phenoxy) is 1. The van der Waals surface area contributed by atoms with E-state index in [2.05, 4.69) is 24.1 Å². The summed E-state index contributed by atoms with van der Waals surface area (Å²) < 4.78 is 29.5. The molecule has 1 atom stereocenters. The molecule has 2 heterocycles. The molecular formula is C26H37N3O4S2. The van der Waals surface area contributed by atoms with E-state index in [1.54, 1.807) is 42.5 Å². The number of carbonyl (C=O) groups excluding carboxylic acids is 1. The molecule has 1 N–H and O–H groups in total. The van der Waals surface area contributed by atoms with Gasteiger partial charge < -0.3 is 10.1 Å². The van der Waals surface area contributed by atoms with Crippen LogP contribution in [-0.2, 0) is 32.3 Å². The molecule has 2 aliphatic rings. The van der Waals surface area contributed by atoms with Crippen molar-refractivity contribution in [3.63, 3.8) is 0 Å². The van der Waals surface area contributed by atoms with Crippen molar-refractivity contribution in [1.29, 1.82) is 0 Å². The van der Waals surface area contributed by atoms with Gasteiger partial charge in [0.1, 0.15) is 0 Å². The molecule has 1 aromatic carbocycles. The van der Waals surface area contributed by atoms with Crippen molar-refractivity contribution in [2.24, 2.45) is 11.8 Å². The number of sulfone groups is 1. The maximum Gasteiger partial charge on any atom is 0.230 e. The first kappa shape index (κ1) is 26.3. The molecule has 0 radical (unpaired) electrons. The Labute approximate surface area is 213 Å². The van der Waals surface area contributed by atoms with E-state index in [1.807, 2.05) is 7.11 Å². The normalized spacial score (nSPS) is 22.9. The fourth-order valence-electron chi connectivity index (χ4n) is 5.34. The second-order valence-electron chi connectivity index (χ2n) is 10.1. The molecule has 0 saturated heterocycles. The Morgan fingerprint density at radius 2 is 1.89 bits per heavy atom. The minimum atomic E-state index is -3.24. The molecule has 0 bridgehead atoms. The molecule has 4 rings (SSSR count). The highest BCUT2D eigenvalue weighted by Gasteiger charge is 2.37. The average Bonchev–Trinajstić information content (AvgIpc) is 3.36. The summed E-state index contributed by atoms with van der Waals surface area (Å²) in [6.45, 7) is 8.10. The lowest BCUT2D eigenvalue weighted by Crippen LogP contribution is -2.34. The largest absolute Gasteiger partial charge is 0.381 e. The number of rotatable bonds is 9. The highest BCUT2D eigenvalue weighted by atomic mass is 32.2. The van der Waals surface area contributed by atoms with E-state index >= 15 is 0 Å². The summed E-state index contributed by atoms with van der Waals surface area (Å²) in [5, 5.41) is 3.61. The summed E-state index contributed by atoms with van der Waals surface area (Å²) in [5.74, 6) is 1.06. The molecule has 7 nitrogen and oxygen atoms in total. The van der Waals surface area contributed by atoms with Crippen LogP contribution in [0.15, 0.2) is 29.2 Å². The molecule has 2 aromatic rings. The van der Waals surface area contributed by atoms with Crippen molar-refractivity contribution in [3.05, 3.63) is 40.4 Å². The number of hydrogen-bond donors (Lipinski definition) is 1. The van der Waals surface area contributed by atoms with Gasteiger partial charge in [-0.05, 0) is 55.2 Å². The Hall–Kier alpha value is -1.81. The van der Waals surface area contributed by atoms with E-state index in [0.29, 0.717) is 23.1 Å². The van der Waals surface area contributed by atoms with Crippen LogP contribution in [0.25, 0.3) is 0 Å². The maximum absolute atomic E-state index is 12.7. The quantitative estimate of drug-likeness (QED) is 0.510. The lowest BCUT2D eigenvalue weighted by Gasteiger charge is -2.34. The van der Waals surface area contributed by atoms with Gasteiger partial charge >= 0.3 is 0 Å². The number of aromatic nitrogens is 1. The molecule has 192 valence electrons. The number of methoxy groups -OCH3 is 1. The highest BCUT2D eigenvalue weighted by molar-refractivity contribution is 7.91. The number of thiazole rings is 1. The van der Waals surface area contributed by atoms with E-state index in [0.717, 1.165) is 37.2 Å². The van der Waals surface area contributed by atoms with Gasteiger partial charge in [0.2, 0.25) is 5.91 Å². The van der Waals surface area contributed by atoms with E-state index in [-0.39, 0.29) is 29.0 Å². The zero-order valence-electron chi connectivity index (χ0n) is 21.1. The predicted molar refractivity (Wildman–Crippen MR) is 139 cm³/mol. The number of nitrogens with zero attached hydrogens (tertiary/aromatic N) is 2. The van der Waals surface area contributed by atoms with Crippen molar-refractivity contribution < 1.29 is 17.9 Å². The summed E-state index contributed by atoms with van der Waals surface area (Å²) in [6, 6.07) is 6.83. The van der Waals surface area contributed by atoms with Crippen molar-refractivity contribution in [1.82, 2.24) is 9.88 Å². The Morgan fingerprint density at radius 1 is 1.20 bits per heavy atom. The van der Waals surface area contributed by atoms with E-state index < -0.39 is 9.84 Å². The number of benzene rings is 1. The Kier molecular flexibility index (Phi) is 8.30. The van der Waals surface area contributed by atoms with Gasteiger partial charge in [-0.15, -0.1) is 11.3 Å². The summed E-state index contributed by atoms with van der Waals surface area (Å²) in [7, 11) is -1.42. The van der Waals surface area contributed by atoms with Crippen LogP contribution in [-0.4, -0.2) is 49.7 Å². The summed E-state index contributed by atoms with van der Waals surface area (Å²) in [4.78, 5) is 21.6. The topological polar surface area (TPSA) is 88.6 Å². The highest BCUT2D eigenvalue weighted by Crippen LogP contribution is 2.43. The standard InChI is InChI=1S/C26H37N3O4S2/c1-5-35(31,32)21-12-8-18(9-13-21)14-23(30)27-26-28-24-22(34-26)16-29(25(24)17(2)3)15-19-6-10-20(33-4)11-7-19/h8-9,12-13,17,19-20,25H,5-7,10-11,14-16H2,1-4H3,(H,27,28,30)/t19-,20-,25?. The summed E-state index contributed by atoms with van der Waals surface area (Å²) in [6.07, 6.45) is 5.33. The smallest absolute Gasteiger partial charge is 0.230 e. The van der Waals surface area contributed by atoms with Gasteiger partial charge in [-0.2, -0.15) is 0 Å². The lowest BCUT2D eigenvalue weighted by atomic mass is 9.86. The number of fused-ring (bicyclic) bond motifs is 1. The molecule has 1 amide bonds. The van der Waals surface area contributed by atoms with Crippen LogP contribution >= 0.6 is 11.3 Å². The Bertz CT molecular complexity index is 1120. The number of amides is 1. The molecular weight excluding hydrogens is 482 g/mol. The zero-order chi connectivity index (χ0) is 25.2. The monoisotopic (exact) mass is 519 g/mol. The fourth-order valence-corrected chi connectivity index (χ4v) is 7.27. The molecule has 1 aliphatic heterocycles. The van der Waals surface area contributed by atoms with Gasteiger partial charge in [-0.25, -0.2) is 13.4 Å². The molecule has 0 spiro atoms. The van der Waals surface area contributed by atoms with E-state index in [1.165, 1.54) is 17.7 Å². The minimum absolute atomic E-state index is 0.0608. The molecule has 1 aromatic heterocycles. The van der Waals surface area contributed by atoms with Gasteiger partial charge in [0.15, 0.2) is 15.0 Å². The predicted octanol–water partition coefficient (Wildman–Crippen LogP) is 4.84. The number of hydrogen-bond acceptors (Lipinski definition) is 7. The Balaban J connectivity index is 1.36. The Morgan fingerprint density at radius 3 is 2.49 bits per heavy atom. The first-order chi connectivity index (χ1) is 16.7. The first-order valence-corrected chi connectivity index (χ1v) is 15.0. The van der Waals surface area contributed by atoms with E-state index in [9.17, 15) is 13.2 Å². The molecule has 35 heavy (non-hydrogen) atoms.